The minimum atomic E-state index is -3.69. The standard InChI is InChI=1S/C17H24Cl2N2O3S2/c1-12(17(22)20-7-8-25-16-5-3-4-6-16)21(26(2,23)24)15-10-13(18)9-14(19)11-15/h9-12,16H,3-8H2,1-2H3,(H,20,22). The Morgan fingerprint density at radius 2 is 1.85 bits per heavy atom. The van der Waals surface area contributed by atoms with Crippen LogP contribution in [0.25, 0.3) is 0 Å². The third-order valence-corrected chi connectivity index (χ3v) is 7.31. The summed E-state index contributed by atoms with van der Waals surface area (Å²) in [6, 6.07) is 3.57. The maximum Gasteiger partial charge on any atom is 0.243 e. The predicted octanol–water partition coefficient (Wildman–Crippen LogP) is 3.94. The first-order valence-corrected chi connectivity index (χ1v) is 12.2. The molecular formula is C17H24Cl2N2O3S2. The van der Waals surface area contributed by atoms with Gasteiger partial charge >= 0.3 is 0 Å². The number of halogens is 2. The maximum absolute atomic E-state index is 12.5. The second-order valence-corrected chi connectivity index (χ2v) is 10.6. The van der Waals surface area contributed by atoms with E-state index in [0.29, 0.717) is 21.8 Å². The second-order valence-electron chi connectivity index (χ2n) is 6.43. The first kappa shape index (κ1) is 21.7. The van der Waals surface area contributed by atoms with E-state index in [9.17, 15) is 13.2 Å². The number of hydrogen-bond donors (Lipinski definition) is 1. The molecular weight excluding hydrogens is 415 g/mol. The predicted molar refractivity (Wildman–Crippen MR) is 111 cm³/mol. The number of thioether (sulfide) groups is 1. The molecule has 146 valence electrons. The second kappa shape index (κ2) is 9.53. The van der Waals surface area contributed by atoms with Crippen molar-refractivity contribution >= 4 is 56.6 Å². The average Bonchev–Trinajstić information content (AvgIpc) is 3.02. The highest BCUT2D eigenvalue weighted by Gasteiger charge is 2.29. The Kier molecular flexibility index (Phi) is 7.94. The summed E-state index contributed by atoms with van der Waals surface area (Å²) in [5.41, 5.74) is 0.271. The molecule has 0 radical (unpaired) electrons. The summed E-state index contributed by atoms with van der Waals surface area (Å²) < 4.78 is 25.6. The van der Waals surface area contributed by atoms with Gasteiger partial charge in [0.05, 0.1) is 11.9 Å². The molecule has 0 heterocycles. The molecule has 5 nitrogen and oxygen atoms in total. The molecule has 1 aliphatic carbocycles. The van der Waals surface area contributed by atoms with E-state index in [1.54, 1.807) is 6.92 Å². The minimum absolute atomic E-state index is 0.271. The molecule has 1 N–H and O–H groups in total. The Balaban J connectivity index is 2.01. The van der Waals surface area contributed by atoms with Crippen LogP contribution in [-0.2, 0) is 14.8 Å². The molecule has 0 aromatic heterocycles. The molecule has 0 aliphatic heterocycles. The summed E-state index contributed by atoms with van der Waals surface area (Å²) in [6.45, 7) is 2.06. The fourth-order valence-electron chi connectivity index (χ4n) is 3.08. The van der Waals surface area contributed by atoms with Crippen LogP contribution in [0.2, 0.25) is 10.0 Å². The van der Waals surface area contributed by atoms with Gasteiger partial charge in [0.25, 0.3) is 0 Å². The number of amides is 1. The molecule has 1 aromatic rings. The van der Waals surface area contributed by atoms with Crippen LogP contribution in [-0.4, -0.2) is 44.2 Å². The third kappa shape index (κ3) is 6.22. The number of nitrogens with one attached hydrogen (secondary N) is 1. The summed E-state index contributed by atoms with van der Waals surface area (Å²) >= 11 is 13.8. The van der Waals surface area contributed by atoms with Crippen LogP contribution < -0.4 is 9.62 Å². The van der Waals surface area contributed by atoms with E-state index in [4.69, 9.17) is 23.2 Å². The minimum Gasteiger partial charge on any atom is -0.353 e. The molecule has 1 unspecified atom stereocenters. The van der Waals surface area contributed by atoms with Crippen LogP contribution >= 0.6 is 35.0 Å². The van der Waals surface area contributed by atoms with E-state index in [-0.39, 0.29) is 11.6 Å². The van der Waals surface area contributed by atoms with Crippen LogP contribution in [0, 0.1) is 0 Å². The van der Waals surface area contributed by atoms with Crippen LogP contribution in [0.3, 0.4) is 0 Å². The van der Waals surface area contributed by atoms with Crippen molar-refractivity contribution in [1.29, 1.82) is 0 Å². The zero-order valence-electron chi connectivity index (χ0n) is 14.9. The molecule has 0 spiro atoms. The van der Waals surface area contributed by atoms with Gasteiger partial charge < -0.3 is 5.32 Å². The lowest BCUT2D eigenvalue weighted by Gasteiger charge is -2.28. The van der Waals surface area contributed by atoms with Crippen molar-refractivity contribution in [3.05, 3.63) is 28.2 Å². The zero-order chi connectivity index (χ0) is 19.3. The number of benzene rings is 1. The van der Waals surface area contributed by atoms with E-state index in [0.717, 1.165) is 16.3 Å². The van der Waals surface area contributed by atoms with Crippen LogP contribution in [0.1, 0.15) is 32.6 Å². The van der Waals surface area contributed by atoms with E-state index in [1.807, 2.05) is 11.8 Å². The van der Waals surface area contributed by atoms with Gasteiger partial charge in [-0.3, -0.25) is 9.10 Å². The van der Waals surface area contributed by atoms with Gasteiger partial charge in [0, 0.05) is 27.6 Å². The van der Waals surface area contributed by atoms with E-state index >= 15 is 0 Å². The van der Waals surface area contributed by atoms with Crippen LogP contribution in [0.5, 0.6) is 0 Å². The fraction of sp³-hybridized carbons (Fsp3) is 0.588. The largest absolute Gasteiger partial charge is 0.353 e. The van der Waals surface area contributed by atoms with Gasteiger partial charge in [0.15, 0.2) is 0 Å². The lowest BCUT2D eigenvalue weighted by Crippen LogP contribution is -2.48. The Labute approximate surface area is 169 Å². The number of rotatable bonds is 8. The van der Waals surface area contributed by atoms with E-state index in [2.05, 4.69) is 5.32 Å². The summed E-state index contributed by atoms with van der Waals surface area (Å²) in [6.07, 6.45) is 6.11. The summed E-state index contributed by atoms with van der Waals surface area (Å²) in [7, 11) is -3.69. The smallest absolute Gasteiger partial charge is 0.243 e. The lowest BCUT2D eigenvalue weighted by molar-refractivity contribution is -0.121. The number of hydrogen-bond acceptors (Lipinski definition) is 4. The zero-order valence-corrected chi connectivity index (χ0v) is 18.0. The first-order valence-electron chi connectivity index (χ1n) is 8.53. The molecule has 26 heavy (non-hydrogen) atoms. The molecule has 1 saturated carbocycles. The van der Waals surface area contributed by atoms with Gasteiger partial charge in [-0.1, -0.05) is 36.0 Å². The van der Waals surface area contributed by atoms with Gasteiger partial charge in [0.2, 0.25) is 15.9 Å². The number of nitrogens with zero attached hydrogens (tertiary/aromatic N) is 1. The molecule has 9 heteroatoms. The molecule has 1 aromatic carbocycles. The van der Waals surface area contributed by atoms with Crippen molar-refractivity contribution in [3.8, 4) is 0 Å². The van der Waals surface area contributed by atoms with Crippen molar-refractivity contribution in [3.63, 3.8) is 0 Å². The quantitative estimate of drug-likeness (QED) is 0.624. The Bertz CT molecular complexity index is 717. The highest BCUT2D eigenvalue weighted by Crippen LogP contribution is 2.30. The molecule has 2 rings (SSSR count). The maximum atomic E-state index is 12.5. The number of carbonyl (C=O) groups is 1. The highest BCUT2D eigenvalue weighted by molar-refractivity contribution is 7.99. The van der Waals surface area contributed by atoms with Crippen molar-refractivity contribution in [2.75, 3.05) is 22.9 Å². The first-order chi connectivity index (χ1) is 12.2. The Morgan fingerprint density at radius 3 is 2.38 bits per heavy atom. The Hall–Kier alpha value is -0.630. The monoisotopic (exact) mass is 438 g/mol. The Morgan fingerprint density at radius 1 is 1.27 bits per heavy atom. The molecule has 0 saturated heterocycles. The molecule has 0 bridgehead atoms. The van der Waals surface area contributed by atoms with E-state index < -0.39 is 16.1 Å². The van der Waals surface area contributed by atoms with E-state index in [1.165, 1.54) is 43.9 Å². The summed E-state index contributed by atoms with van der Waals surface area (Å²) in [5.74, 6) is 0.476. The van der Waals surface area contributed by atoms with Crippen LogP contribution in [0.15, 0.2) is 18.2 Å². The summed E-state index contributed by atoms with van der Waals surface area (Å²) in [4.78, 5) is 12.5. The lowest BCUT2D eigenvalue weighted by atomic mass is 10.2. The number of anilines is 1. The van der Waals surface area contributed by atoms with Gasteiger partial charge in [-0.15, -0.1) is 0 Å². The normalized spacial score (nSPS) is 16.5. The van der Waals surface area contributed by atoms with Gasteiger partial charge in [-0.05, 0) is 38.0 Å². The SMILES string of the molecule is CC(C(=O)NCCSC1CCCC1)N(c1cc(Cl)cc(Cl)c1)S(C)(=O)=O. The highest BCUT2D eigenvalue weighted by atomic mass is 35.5. The van der Waals surface area contributed by atoms with Crippen molar-refractivity contribution in [1.82, 2.24) is 5.32 Å². The van der Waals surface area contributed by atoms with Gasteiger partial charge in [0.1, 0.15) is 6.04 Å². The molecule has 1 amide bonds. The molecule has 1 atom stereocenters. The molecule has 1 aliphatic rings. The number of carbonyl (C=O) groups excluding carboxylic acids is 1. The third-order valence-electron chi connectivity index (χ3n) is 4.25. The van der Waals surface area contributed by atoms with Crippen molar-refractivity contribution < 1.29 is 13.2 Å². The fourth-order valence-corrected chi connectivity index (χ4v) is 5.97. The van der Waals surface area contributed by atoms with Gasteiger partial charge in [-0.25, -0.2) is 8.42 Å². The van der Waals surface area contributed by atoms with Gasteiger partial charge in [-0.2, -0.15) is 11.8 Å². The van der Waals surface area contributed by atoms with Crippen molar-refractivity contribution in [2.45, 2.75) is 43.9 Å². The van der Waals surface area contributed by atoms with Crippen LogP contribution in [0.4, 0.5) is 5.69 Å². The average molecular weight is 439 g/mol. The topological polar surface area (TPSA) is 66.5 Å². The summed E-state index contributed by atoms with van der Waals surface area (Å²) in [5, 5.41) is 4.13. The van der Waals surface area contributed by atoms with Crippen molar-refractivity contribution in [2.24, 2.45) is 0 Å². The number of sulfonamides is 1. The molecule has 1 fully saturated rings.